The summed E-state index contributed by atoms with van der Waals surface area (Å²) in [6.45, 7) is 0.135. The zero-order chi connectivity index (χ0) is 15.5. The first-order valence-electron chi connectivity index (χ1n) is 6.76. The van der Waals surface area contributed by atoms with Crippen LogP contribution in [0.2, 0.25) is 0 Å². The van der Waals surface area contributed by atoms with Crippen molar-refractivity contribution >= 4 is 11.9 Å². The van der Waals surface area contributed by atoms with Crippen molar-refractivity contribution in [2.45, 2.75) is 19.3 Å². The standard InChI is InChI=1S/C15H19NO5/c1-20-10-4-5-11(12(8-10)21-2)13(17)16-9-15(14(18)19)6-3-7-15/h4-5,8H,3,6-7,9H2,1-2H3,(H,16,17)(H,18,19). The smallest absolute Gasteiger partial charge is 0.311 e. The summed E-state index contributed by atoms with van der Waals surface area (Å²) < 4.78 is 10.2. The Morgan fingerprint density at radius 1 is 1.29 bits per heavy atom. The van der Waals surface area contributed by atoms with Gasteiger partial charge in [0.1, 0.15) is 11.5 Å². The maximum atomic E-state index is 12.2. The van der Waals surface area contributed by atoms with E-state index < -0.39 is 11.4 Å². The Labute approximate surface area is 123 Å². The molecule has 1 aromatic rings. The molecule has 2 rings (SSSR count). The van der Waals surface area contributed by atoms with E-state index in [1.165, 1.54) is 14.2 Å². The molecule has 6 heteroatoms. The van der Waals surface area contributed by atoms with Crippen LogP contribution in [0.25, 0.3) is 0 Å². The zero-order valence-corrected chi connectivity index (χ0v) is 12.1. The SMILES string of the molecule is COc1ccc(C(=O)NCC2(C(=O)O)CCC2)c(OC)c1. The molecule has 0 atom stereocenters. The first-order chi connectivity index (χ1) is 10.0. The Morgan fingerprint density at radius 3 is 2.48 bits per heavy atom. The molecular weight excluding hydrogens is 274 g/mol. The molecule has 0 bridgehead atoms. The molecular formula is C15H19NO5. The third-order valence-electron chi connectivity index (χ3n) is 4.00. The van der Waals surface area contributed by atoms with Gasteiger partial charge in [-0.25, -0.2) is 0 Å². The lowest BCUT2D eigenvalue weighted by atomic mass is 9.69. The van der Waals surface area contributed by atoms with Crippen LogP contribution in [-0.2, 0) is 4.79 Å². The number of carboxylic acid groups (broad SMARTS) is 1. The highest BCUT2D eigenvalue weighted by molar-refractivity contribution is 5.97. The summed E-state index contributed by atoms with van der Waals surface area (Å²) in [6, 6.07) is 4.88. The van der Waals surface area contributed by atoms with E-state index in [1.807, 2.05) is 0 Å². The lowest BCUT2D eigenvalue weighted by molar-refractivity contribution is -0.153. The van der Waals surface area contributed by atoms with Crippen molar-refractivity contribution < 1.29 is 24.2 Å². The van der Waals surface area contributed by atoms with Gasteiger partial charge in [0.25, 0.3) is 5.91 Å². The fourth-order valence-electron chi connectivity index (χ4n) is 2.40. The summed E-state index contributed by atoms with van der Waals surface area (Å²) in [4.78, 5) is 23.5. The molecule has 1 aromatic carbocycles. The molecule has 0 radical (unpaired) electrons. The number of carbonyl (C=O) groups excluding carboxylic acids is 1. The minimum Gasteiger partial charge on any atom is -0.497 e. The second-order valence-corrected chi connectivity index (χ2v) is 5.19. The number of hydrogen-bond acceptors (Lipinski definition) is 4. The van der Waals surface area contributed by atoms with Crippen LogP contribution in [0.4, 0.5) is 0 Å². The molecule has 114 valence electrons. The maximum Gasteiger partial charge on any atom is 0.311 e. The van der Waals surface area contributed by atoms with Gasteiger partial charge in [-0.2, -0.15) is 0 Å². The van der Waals surface area contributed by atoms with E-state index >= 15 is 0 Å². The van der Waals surface area contributed by atoms with E-state index in [9.17, 15) is 14.7 Å². The Hall–Kier alpha value is -2.24. The van der Waals surface area contributed by atoms with Crippen molar-refractivity contribution in [3.05, 3.63) is 23.8 Å². The molecule has 1 fully saturated rings. The molecule has 0 aromatic heterocycles. The number of benzene rings is 1. The molecule has 2 N–H and O–H groups in total. The highest BCUT2D eigenvalue weighted by Crippen LogP contribution is 2.40. The van der Waals surface area contributed by atoms with Gasteiger partial charge in [0.05, 0.1) is 25.2 Å². The van der Waals surface area contributed by atoms with E-state index in [4.69, 9.17) is 9.47 Å². The normalized spacial score (nSPS) is 15.7. The fraction of sp³-hybridized carbons (Fsp3) is 0.467. The first-order valence-corrected chi connectivity index (χ1v) is 6.76. The number of carboxylic acids is 1. The number of carbonyl (C=O) groups is 2. The van der Waals surface area contributed by atoms with Crippen LogP contribution < -0.4 is 14.8 Å². The lowest BCUT2D eigenvalue weighted by Crippen LogP contribution is -2.47. The highest BCUT2D eigenvalue weighted by atomic mass is 16.5. The van der Waals surface area contributed by atoms with Gasteiger partial charge in [-0.1, -0.05) is 6.42 Å². The number of ether oxygens (including phenoxy) is 2. The first kappa shape index (κ1) is 15.2. The van der Waals surface area contributed by atoms with Crippen molar-refractivity contribution in [2.24, 2.45) is 5.41 Å². The van der Waals surface area contributed by atoms with Crippen LogP contribution in [0.3, 0.4) is 0 Å². The van der Waals surface area contributed by atoms with Crippen molar-refractivity contribution in [2.75, 3.05) is 20.8 Å². The van der Waals surface area contributed by atoms with Gasteiger partial charge in [-0.05, 0) is 25.0 Å². The average Bonchev–Trinajstić information content (AvgIpc) is 2.44. The van der Waals surface area contributed by atoms with E-state index in [2.05, 4.69) is 5.32 Å². The highest BCUT2D eigenvalue weighted by Gasteiger charge is 2.44. The Kier molecular flexibility index (Phi) is 4.35. The summed E-state index contributed by atoms with van der Waals surface area (Å²) in [7, 11) is 3.00. The van der Waals surface area contributed by atoms with Gasteiger partial charge in [0.15, 0.2) is 0 Å². The molecule has 21 heavy (non-hydrogen) atoms. The van der Waals surface area contributed by atoms with E-state index in [-0.39, 0.29) is 12.5 Å². The van der Waals surface area contributed by atoms with Crippen LogP contribution in [0.1, 0.15) is 29.6 Å². The topological polar surface area (TPSA) is 84.9 Å². The number of rotatable bonds is 6. The molecule has 0 unspecified atom stereocenters. The van der Waals surface area contributed by atoms with Crippen LogP contribution in [0.5, 0.6) is 11.5 Å². The maximum absolute atomic E-state index is 12.2. The van der Waals surface area contributed by atoms with Gasteiger partial charge in [-0.3, -0.25) is 9.59 Å². The van der Waals surface area contributed by atoms with Gasteiger partial charge in [0, 0.05) is 12.6 Å². The summed E-state index contributed by atoms with van der Waals surface area (Å²) in [6.07, 6.45) is 2.08. The Balaban J connectivity index is 2.08. The number of methoxy groups -OCH3 is 2. The monoisotopic (exact) mass is 293 g/mol. The second kappa shape index (κ2) is 6.03. The summed E-state index contributed by atoms with van der Waals surface area (Å²) in [5, 5.41) is 11.9. The molecule has 1 saturated carbocycles. The van der Waals surface area contributed by atoms with Crippen molar-refractivity contribution in [3.8, 4) is 11.5 Å². The predicted molar refractivity (Wildman–Crippen MR) is 75.8 cm³/mol. The number of amides is 1. The molecule has 0 aliphatic heterocycles. The third-order valence-corrected chi connectivity index (χ3v) is 4.00. The quantitative estimate of drug-likeness (QED) is 0.833. The molecule has 6 nitrogen and oxygen atoms in total. The van der Waals surface area contributed by atoms with Crippen LogP contribution in [0, 0.1) is 5.41 Å². The summed E-state index contributed by atoms with van der Waals surface area (Å²) in [5.74, 6) is -0.216. The number of aliphatic carboxylic acids is 1. The second-order valence-electron chi connectivity index (χ2n) is 5.19. The van der Waals surface area contributed by atoms with E-state index in [1.54, 1.807) is 18.2 Å². The van der Waals surface area contributed by atoms with Crippen LogP contribution in [0.15, 0.2) is 18.2 Å². The fourth-order valence-corrected chi connectivity index (χ4v) is 2.40. The molecule has 1 aliphatic carbocycles. The Morgan fingerprint density at radius 2 is 2.00 bits per heavy atom. The summed E-state index contributed by atoms with van der Waals surface area (Å²) >= 11 is 0. The lowest BCUT2D eigenvalue weighted by Gasteiger charge is -2.37. The Bertz CT molecular complexity index is 551. The zero-order valence-electron chi connectivity index (χ0n) is 12.1. The van der Waals surface area contributed by atoms with Crippen molar-refractivity contribution in [1.29, 1.82) is 0 Å². The third kappa shape index (κ3) is 2.94. The molecule has 1 amide bonds. The largest absolute Gasteiger partial charge is 0.497 e. The average molecular weight is 293 g/mol. The molecule has 0 spiro atoms. The van der Waals surface area contributed by atoms with Crippen LogP contribution in [-0.4, -0.2) is 37.7 Å². The van der Waals surface area contributed by atoms with Gasteiger partial charge in [-0.15, -0.1) is 0 Å². The van der Waals surface area contributed by atoms with Gasteiger partial charge >= 0.3 is 5.97 Å². The predicted octanol–water partition coefficient (Wildman–Crippen LogP) is 1.69. The van der Waals surface area contributed by atoms with E-state index in [0.29, 0.717) is 29.9 Å². The van der Waals surface area contributed by atoms with Crippen molar-refractivity contribution in [1.82, 2.24) is 5.32 Å². The van der Waals surface area contributed by atoms with Gasteiger partial charge < -0.3 is 19.9 Å². The minimum atomic E-state index is -0.851. The number of nitrogens with one attached hydrogen (secondary N) is 1. The summed E-state index contributed by atoms with van der Waals surface area (Å²) in [5.41, 5.74) is -0.451. The molecule has 1 aliphatic rings. The number of hydrogen-bond donors (Lipinski definition) is 2. The minimum absolute atomic E-state index is 0.135. The van der Waals surface area contributed by atoms with Crippen molar-refractivity contribution in [3.63, 3.8) is 0 Å². The van der Waals surface area contributed by atoms with Crippen LogP contribution >= 0.6 is 0 Å². The van der Waals surface area contributed by atoms with Gasteiger partial charge in [0.2, 0.25) is 0 Å². The molecule has 0 heterocycles. The van der Waals surface area contributed by atoms with E-state index in [0.717, 1.165) is 6.42 Å². The molecule has 0 saturated heterocycles.